The van der Waals surface area contributed by atoms with E-state index >= 15 is 0 Å². The monoisotopic (exact) mass is 344 g/mol. The smallest absolute Gasteiger partial charge is 0.251 e. The highest BCUT2D eigenvalue weighted by Crippen LogP contribution is 2.29. The second-order valence-corrected chi connectivity index (χ2v) is 6.89. The highest BCUT2D eigenvalue weighted by atomic mass is 79.9. The van der Waals surface area contributed by atoms with E-state index in [1.165, 1.54) is 12.8 Å². The summed E-state index contributed by atoms with van der Waals surface area (Å²) in [6.45, 7) is 0. The lowest BCUT2D eigenvalue weighted by molar-refractivity contribution is 0.0931. The predicted octanol–water partition coefficient (Wildman–Crippen LogP) is 3.23. The maximum absolute atomic E-state index is 12.5. The second kappa shape index (κ2) is 5.11. The first-order valence-electron chi connectivity index (χ1n) is 7.46. The van der Waals surface area contributed by atoms with Crippen LogP contribution in [0.1, 0.15) is 29.6 Å². The van der Waals surface area contributed by atoms with Crippen molar-refractivity contribution in [2.45, 2.75) is 37.4 Å². The molecule has 108 valence electrons. The van der Waals surface area contributed by atoms with Gasteiger partial charge in [-0.2, -0.15) is 0 Å². The summed E-state index contributed by atoms with van der Waals surface area (Å²) in [6, 6.07) is 13.3. The number of nitrogens with one attached hydrogen (secondary N) is 2. The first-order chi connectivity index (χ1) is 10.2. The third-order valence-electron chi connectivity index (χ3n) is 4.71. The van der Waals surface area contributed by atoms with Gasteiger partial charge in [-0.05, 0) is 48.2 Å². The molecule has 21 heavy (non-hydrogen) atoms. The zero-order valence-corrected chi connectivity index (χ0v) is 13.2. The topological polar surface area (TPSA) is 41.1 Å². The molecule has 0 saturated carbocycles. The van der Waals surface area contributed by atoms with Gasteiger partial charge in [-0.1, -0.05) is 34.1 Å². The Labute approximate surface area is 132 Å². The number of carbonyl (C=O) groups is 1. The Kier molecular flexibility index (Phi) is 3.23. The van der Waals surface area contributed by atoms with E-state index in [-0.39, 0.29) is 11.9 Å². The minimum absolute atomic E-state index is 0.0382. The average Bonchev–Trinajstić information content (AvgIpc) is 3.09. The lowest BCUT2D eigenvalue weighted by Crippen LogP contribution is -2.42. The summed E-state index contributed by atoms with van der Waals surface area (Å²) < 4.78 is 1.06. The largest absolute Gasteiger partial charge is 0.348 e. The molecule has 0 aromatic heterocycles. The van der Waals surface area contributed by atoms with Crippen LogP contribution in [0.15, 0.2) is 40.9 Å². The van der Waals surface area contributed by atoms with Gasteiger partial charge in [0.1, 0.15) is 0 Å². The fraction of sp³-hybridized carbons (Fsp3) is 0.353. The Balaban J connectivity index is 1.57. The maximum Gasteiger partial charge on any atom is 0.251 e. The van der Waals surface area contributed by atoms with E-state index in [0.717, 1.165) is 27.2 Å². The minimum atomic E-state index is 0.0382. The van der Waals surface area contributed by atoms with Crippen molar-refractivity contribution in [2.24, 2.45) is 0 Å². The molecular weight excluding hydrogens is 328 g/mol. The highest BCUT2D eigenvalue weighted by Gasteiger charge is 2.39. The van der Waals surface area contributed by atoms with Gasteiger partial charge in [0.25, 0.3) is 5.91 Å². The van der Waals surface area contributed by atoms with Crippen molar-refractivity contribution in [1.82, 2.24) is 10.6 Å². The summed E-state index contributed by atoms with van der Waals surface area (Å²) in [5.41, 5.74) is 0.739. The lowest BCUT2D eigenvalue weighted by Gasteiger charge is -2.21. The maximum atomic E-state index is 12.5. The lowest BCUT2D eigenvalue weighted by atomic mass is 9.95. The van der Waals surface area contributed by atoms with Crippen LogP contribution in [0, 0.1) is 0 Å². The molecule has 3 nitrogen and oxygen atoms in total. The summed E-state index contributed by atoms with van der Waals surface area (Å²) in [4.78, 5) is 12.5. The molecule has 3 atom stereocenters. The molecule has 2 bridgehead atoms. The second-order valence-electron chi connectivity index (χ2n) is 6.04. The number of hydrogen-bond acceptors (Lipinski definition) is 2. The van der Waals surface area contributed by atoms with Crippen molar-refractivity contribution in [2.75, 3.05) is 0 Å². The molecule has 1 amide bonds. The van der Waals surface area contributed by atoms with Gasteiger partial charge in [0, 0.05) is 28.2 Å². The van der Waals surface area contributed by atoms with Crippen LogP contribution in [0.4, 0.5) is 0 Å². The van der Waals surface area contributed by atoms with E-state index in [1.54, 1.807) is 0 Å². The molecule has 0 aliphatic carbocycles. The number of hydrogen-bond donors (Lipinski definition) is 2. The summed E-state index contributed by atoms with van der Waals surface area (Å²) >= 11 is 3.54. The molecule has 2 N–H and O–H groups in total. The van der Waals surface area contributed by atoms with Gasteiger partial charge in [0.2, 0.25) is 0 Å². The van der Waals surface area contributed by atoms with E-state index in [2.05, 4.69) is 26.6 Å². The van der Waals surface area contributed by atoms with Crippen molar-refractivity contribution >= 4 is 32.6 Å². The van der Waals surface area contributed by atoms with E-state index in [1.807, 2.05) is 36.4 Å². The van der Waals surface area contributed by atoms with Gasteiger partial charge < -0.3 is 10.6 Å². The molecule has 2 saturated heterocycles. The molecule has 2 aromatic rings. The fourth-order valence-corrected chi connectivity index (χ4v) is 4.13. The van der Waals surface area contributed by atoms with Crippen molar-refractivity contribution in [3.05, 3.63) is 46.4 Å². The molecule has 2 aromatic carbocycles. The van der Waals surface area contributed by atoms with Crippen LogP contribution in [0.25, 0.3) is 10.8 Å². The molecule has 2 heterocycles. The van der Waals surface area contributed by atoms with Gasteiger partial charge in [-0.25, -0.2) is 0 Å². The number of benzene rings is 2. The Hall–Kier alpha value is -1.39. The van der Waals surface area contributed by atoms with Crippen molar-refractivity contribution < 1.29 is 4.79 Å². The molecule has 0 spiro atoms. The standard InChI is InChI=1S/C17H17BrN2O/c18-14-3-1-2-10-8-11(4-6-13(10)14)17(21)20-16-9-12-5-7-15(16)19-12/h1-4,6,8,12,15-16,19H,5,7,9H2,(H,20,21)/t12-,15+,16-/m1/s1. The van der Waals surface area contributed by atoms with Crippen molar-refractivity contribution in [3.63, 3.8) is 0 Å². The molecule has 2 fully saturated rings. The summed E-state index contributed by atoms with van der Waals surface area (Å²) in [6.07, 6.45) is 3.50. The van der Waals surface area contributed by atoms with E-state index in [4.69, 9.17) is 0 Å². The zero-order valence-electron chi connectivity index (χ0n) is 11.6. The first kappa shape index (κ1) is 13.3. The van der Waals surface area contributed by atoms with Crippen LogP contribution < -0.4 is 10.6 Å². The molecular formula is C17H17BrN2O. The normalized spacial score (nSPS) is 27.2. The number of halogens is 1. The Morgan fingerprint density at radius 3 is 2.90 bits per heavy atom. The van der Waals surface area contributed by atoms with Gasteiger partial charge in [-0.15, -0.1) is 0 Å². The number of amides is 1. The van der Waals surface area contributed by atoms with Crippen LogP contribution in [-0.2, 0) is 0 Å². The number of rotatable bonds is 2. The minimum Gasteiger partial charge on any atom is -0.348 e. The first-order valence-corrected chi connectivity index (χ1v) is 8.25. The van der Waals surface area contributed by atoms with Crippen LogP contribution in [0.2, 0.25) is 0 Å². The van der Waals surface area contributed by atoms with Gasteiger partial charge in [0.15, 0.2) is 0 Å². The molecule has 4 rings (SSSR count). The number of carbonyl (C=O) groups excluding carboxylic acids is 1. The van der Waals surface area contributed by atoms with Gasteiger partial charge in [0.05, 0.1) is 0 Å². The van der Waals surface area contributed by atoms with E-state index in [0.29, 0.717) is 12.1 Å². The average molecular weight is 345 g/mol. The van der Waals surface area contributed by atoms with Crippen molar-refractivity contribution in [3.8, 4) is 0 Å². The van der Waals surface area contributed by atoms with Crippen LogP contribution in [0.3, 0.4) is 0 Å². The molecule has 2 aliphatic heterocycles. The van der Waals surface area contributed by atoms with Crippen LogP contribution in [0.5, 0.6) is 0 Å². The molecule has 2 aliphatic rings. The Bertz CT molecular complexity index is 715. The molecule has 4 heteroatoms. The summed E-state index contributed by atoms with van der Waals surface area (Å²) in [7, 11) is 0. The third kappa shape index (κ3) is 2.36. The van der Waals surface area contributed by atoms with Crippen LogP contribution in [-0.4, -0.2) is 24.0 Å². The highest BCUT2D eigenvalue weighted by molar-refractivity contribution is 9.10. The third-order valence-corrected chi connectivity index (χ3v) is 5.40. The Morgan fingerprint density at radius 1 is 1.24 bits per heavy atom. The zero-order chi connectivity index (χ0) is 14.4. The van der Waals surface area contributed by atoms with E-state index in [9.17, 15) is 4.79 Å². The fourth-order valence-electron chi connectivity index (χ4n) is 3.62. The molecule has 0 unspecified atom stereocenters. The van der Waals surface area contributed by atoms with Gasteiger partial charge in [-0.3, -0.25) is 4.79 Å². The van der Waals surface area contributed by atoms with Crippen molar-refractivity contribution in [1.29, 1.82) is 0 Å². The quantitative estimate of drug-likeness (QED) is 0.878. The predicted molar refractivity (Wildman–Crippen MR) is 87.5 cm³/mol. The Morgan fingerprint density at radius 2 is 2.14 bits per heavy atom. The van der Waals surface area contributed by atoms with Crippen LogP contribution >= 0.6 is 15.9 Å². The SMILES string of the molecule is O=C(N[C@@H]1C[C@H]2CC[C@@H]1N2)c1ccc2c(Br)cccc2c1. The summed E-state index contributed by atoms with van der Waals surface area (Å²) in [5.74, 6) is 0.0382. The number of fused-ring (bicyclic) bond motifs is 3. The molecule has 0 radical (unpaired) electrons. The summed E-state index contributed by atoms with van der Waals surface area (Å²) in [5, 5.41) is 8.96. The van der Waals surface area contributed by atoms with E-state index < -0.39 is 0 Å². The van der Waals surface area contributed by atoms with Gasteiger partial charge >= 0.3 is 0 Å².